The maximum absolute atomic E-state index is 2.64. The van der Waals surface area contributed by atoms with Gasteiger partial charge in [-0.25, -0.2) is 0 Å². The first-order valence-electron chi connectivity index (χ1n) is 9.50. The molecule has 0 spiro atoms. The molecule has 134 valence electrons. The summed E-state index contributed by atoms with van der Waals surface area (Å²) in [5, 5.41) is 0. The molecule has 0 N–H and O–H groups in total. The molecule has 1 aliphatic heterocycles. The normalized spacial score (nSPS) is 16.2. The van der Waals surface area contributed by atoms with Gasteiger partial charge in [0.1, 0.15) is 0 Å². The Hall–Kier alpha value is -1.29. The van der Waals surface area contributed by atoms with Crippen LogP contribution in [-0.2, 0) is 12.2 Å². The summed E-state index contributed by atoms with van der Waals surface area (Å²) >= 11 is 2.06. The van der Waals surface area contributed by atoms with Crippen molar-refractivity contribution in [3.63, 3.8) is 0 Å². The van der Waals surface area contributed by atoms with E-state index < -0.39 is 0 Å². The van der Waals surface area contributed by atoms with Crippen LogP contribution in [0.5, 0.6) is 0 Å². The van der Waals surface area contributed by atoms with Crippen LogP contribution in [0.1, 0.15) is 17.5 Å². The lowest BCUT2D eigenvalue weighted by Gasteiger charge is -2.34. The summed E-state index contributed by atoms with van der Waals surface area (Å²) in [6.07, 6.45) is 2.48. The molecule has 0 aromatic heterocycles. The van der Waals surface area contributed by atoms with Crippen LogP contribution < -0.4 is 0 Å². The molecule has 2 nitrogen and oxygen atoms in total. The number of rotatable bonds is 9. The van der Waals surface area contributed by atoms with Gasteiger partial charge in [-0.3, -0.25) is 4.90 Å². The van der Waals surface area contributed by atoms with Crippen molar-refractivity contribution in [1.82, 2.24) is 9.80 Å². The number of thioether (sulfide) groups is 1. The summed E-state index contributed by atoms with van der Waals surface area (Å²) < 4.78 is 0. The van der Waals surface area contributed by atoms with Crippen LogP contribution in [0.2, 0.25) is 0 Å². The molecule has 3 rings (SSSR count). The van der Waals surface area contributed by atoms with Crippen molar-refractivity contribution in [1.29, 1.82) is 0 Å². The van der Waals surface area contributed by atoms with Gasteiger partial charge in [0, 0.05) is 44.2 Å². The number of hydrogen-bond acceptors (Lipinski definition) is 3. The van der Waals surface area contributed by atoms with E-state index in [2.05, 4.69) is 82.2 Å². The van der Waals surface area contributed by atoms with Crippen LogP contribution in [0.25, 0.3) is 0 Å². The number of aryl methyl sites for hydroxylation is 1. The second-order valence-corrected chi connectivity index (χ2v) is 7.92. The van der Waals surface area contributed by atoms with Gasteiger partial charge in [-0.05, 0) is 30.5 Å². The molecular weight excluding hydrogens is 324 g/mol. The van der Waals surface area contributed by atoms with E-state index in [9.17, 15) is 0 Å². The Labute approximate surface area is 157 Å². The van der Waals surface area contributed by atoms with Crippen molar-refractivity contribution in [2.24, 2.45) is 0 Å². The Morgan fingerprint density at radius 2 is 1.24 bits per heavy atom. The molecule has 0 amide bonds. The minimum atomic E-state index is 1.14. The summed E-state index contributed by atoms with van der Waals surface area (Å²) in [7, 11) is 0. The third kappa shape index (κ3) is 6.85. The lowest BCUT2D eigenvalue weighted by Crippen LogP contribution is -2.47. The van der Waals surface area contributed by atoms with Crippen molar-refractivity contribution in [2.45, 2.75) is 18.6 Å². The van der Waals surface area contributed by atoms with Crippen LogP contribution in [0.4, 0.5) is 0 Å². The van der Waals surface area contributed by atoms with Crippen molar-refractivity contribution in [3.05, 3.63) is 71.8 Å². The van der Waals surface area contributed by atoms with E-state index in [0.717, 1.165) is 5.75 Å². The number of hydrogen-bond donors (Lipinski definition) is 0. The zero-order chi connectivity index (χ0) is 17.2. The Balaban J connectivity index is 1.23. The maximum atomic E-state index is 2.64. The van der Waals surface area contributed by atoms with Gasteiger partial charge in [-0.2, -0.15) is 11.8 Å². The van der Waals surface area contributed by atoms with Gasteiger partial charge in [0.2, 0.25) is 0 Å². The van der Waals surface area contributed by atoms with E-state index in [1.54, 1.807) is 0 Å². The van der Waals surface area contributed by atoms with Gasteiger partial charge in [-0.1, -0.05) is 60.7 Å². The van der Waals surface area contributed by atoms with Crippen molar-refractivity contribution < 1.29 is 0 Å². The standard InChI is InChI=1S/C22H30N2S/c1-3-8-21(9-4-1)12-7-13-23-14-16-24(17-15-23)18-19-25-20-22-10-5-2-6-11-22/h1-6,8-11H,7,12-20H2. The molecule has 1 saturated heterocycles. The van der Waals surface area contributed by atoms with Crippen molar-refractivity contribution in [3.8, 4) is 0 Å². The fourth-order valence-electron chi connectivity index (χ4n) is 3.35. The zero-order valence-corrected chi connectivity index (χ0v) is 16.0. The highest BCUT2D eigenvalue weighted by Gasteiger charge is 2.15. The monoisotopic (exact) mass is 354 g/mol. The van der Waals surface area contributed by atoms with Gasteiger partial charge in [0.15, 0.2) is 0 Å². The van der Waals surface area contributed by atoms with E-state index in [1.807, 2.05) is 0 Å². The number of benzene rings is 2. The third-order valence-corrected chi connectivity index (χ3v) is 5.92. The van der Waals surface area contributed by atoms with E-state index in [0.29, 0.717) is 0 Å². The fourth-order valence-corrected chi connectivity index (χ4v) is 4.31. The molecule has 3 heteroatoms. The van der Waals surface area contributed by atoms with E-state index >= 15 is 0 Å². The Kier molecular flexibility index (Phi) is 7.88. The summed E-state index contributed by atoms with van der Waals surface area (Å²) in [6.45, 7) is 7.41. The van der Waals surface area contributed by atoms with Crippen LogP contribution in [-0.4, -0.2) is 54.8 Å². The van der Waals surface area contributed by atoms with E-state index in [-0.39, 0.29) is 0 Å². The van der Waals surface area contributed by atoms with Crippen LogP contribution in [0.3, 0.4) is 0 Å². The summed E-state index contributed by atoms with van der Waals surface area (Å²) in [5.74, 6) is 2.38. The second kappa shape index (κ2) is 10.6. The molecular formula is C22H30N2S. The average molecular weight is 355 g/mol. The highest BCUT2D eigenvalue weighted by molar-refractivity contribution is 7.98. The summed E-state index contributed by atoms with van der Waals surface area (Å²) in [5.41, 5.74) is 2.91. The van der Waals surface area contributed by atoms with Crippen LogP contribution >= 0.6 is 11.8 Å². The Morgan fingerprint density at radius 3 is 1.88 bits per heavy atom. The van der Waals surface area contributed by atoms with Gasteiger partial charge < -0.3 is 4.90 Å². The SMILES string of the molecule is c1ccc(CCCN2CCN(CCSCc3ccccc3)CC2)cc1. The molecule has 0 unspecified atom stereocenters. The largest absolute Gasteiger partial charge is 0.301 e. The average Bonchev–Trinajstić information content (AvgIpc) is 2.68. The molecule has 2 aromatic carbocycles. The number of piperazine rings is 1. The molecule has 0 atom stereocenters. The molecule has 0 radical (unpaired) electrons. The fraction of sp³-hybridized carbons (Fsp3) is 0.455. The highest BCUT2D eigenvalue weighted by atomic mass is 32.2. The number of nitrogens with zero attached hydrogens (tertiary/aromatic N) is 2. The Morgan fingerprint density at radius 1 is 0.680 bits per heavy atom. The van der Waals surface area contributed by atoms with Crippen LogP contribution in [0, 0.1) is 0 Å². The predicted molar refractivity (Wildman–Crippen MR) is 110 cm³/mol. The minimum Gasteiger partial charge on any atom is -0.301 e. The second-order valence-electron chi connectivity index (χ2n) is 6.81. The first kappa shape index (κ1) is 18.5. The maximum Gasteiger partial charge on any atom is 0.0185 e. The van der Waals surface area contributed by atoms with E-state index in [4.69, 9.17) is 0 Å². The quantitative estimate of drug-likeness (QED) is 0.624. The first-order valence-corrected chi connectivity index (χ1v) is 10.7. The van der Waals surface area contributed by atoms with Crippen molar-refractivity contribution in [2.75, 3.05) is 45.0 Å². The molecule has 2 aromatic rings. The lowest BCUT2D eigenvalue weighted by molar-refractivity contribution is 0.137. The smallest absolute Gasteiger partial charge is 0.0185 e. The topological polar surface area (TPSA) is 6.48 Å². The molecule has 0 saturated carbocycles. The Bertz CT molecular complexity index is 579. The molecule has 1 heterocycles. The first-order chi connectivity index (χ1) is 12.4. The third-order valence-electron chi connectivity index (χ3n) is 4.91. The summed E-state index contributed by atoms with van der Waals surface area (Å²) in [6, 6.07) is 21.7. The van der Waals surface area contributed by atoms with Gasteiger partial charge >= 0.3 is 0 Å². The summed E-state index contributed by atoms with van der Waals surface area (Å²) in [4.78, 5) is 5.27. The van der Waals surface area contributed by atoms with Gasteiger partial charge in [0.25, 0.3) is 0 Å². The molecule has 0 aliphatic carbocycles. The molecule has 25 heavy (non-hydrogen) atoms. The molecule has 1 fully saturated rings. The zero-order valence-electron chi connectivity index (χ0n) is 15.1. The van der Waals surface area contributed by atoms with Gasteiger partial charge in [0.05, 0.1) is 0 Å². The van der Waals surface area contributed by atoms with Gasteiger partial charge in [-0.15, -0.1) is 0 Å². The van der Waals surface area contributed by atoms with Crippen LogP contribution in [0.15, 0.2) is 60.7 Å². The van der Waals surface area contributed by atoms with Crippen molar-refractivity contribution >= 4 is 11.8 Å². The minimum absolute atomic E-state index is 1.14. The lowest BCUT2D eigenvalue weighted by atomic mass is 10.1. The highest BCUT2D eigenvalue weighted by Crippen LogP contribution is 2.13. The molecule has 1 aliphatic rings. The molecule has 0 bridgehead atoms. The predicted octanol–water partition coefficient (Wildman–Crippen LogP) is 4.17. The van der Waals surface area contributed by atoms with E-state index in [1.165, 1.54) is 69.0 Å².